The van der Waals surface area contributed by atoms with Gasteiger partial charge >= 0.3 is 0 Å². The van der Waals surface area contributed by atoms with E-state index in [-0.39, 0.29) is 6.10 Å². The van der Waals surface area contributed by atoms with Crippen LogP contribution < -0.4 is 5.32 Å². The molecule has 1 saturated heterocycles. The van der Waals surface area contributed by atoms with Gasteiger partial charge in [-0.15, -0.1) is 0 Å². The molecule has 0 aromatic carbocycles. The van der Waals surface area contributed by atoms with E-state index in [1.807, 2.05) is 6.92 Å². The minimum absolute atomic E-state index is 0.0353. The zero-order chi connectivity index (χ0) is 15.0. The Hall–Kier alpha value is -0.210. The van der Waals surface area contributed by atoms with Gasteiger partial charge in [0.25, 0.3) is 10.2 Å². The maximum atomic E-state index is 12.5. The van der Waals surface area contributed by atoms with Gasteiger partial charge in [-0.25, -0.2) is 0 Å². The second kappa shape index (κ2) is 8.94. The maximum Gasteiger partial charge on any atom is 0.281 e. The van der Waals surface area contributed by atoms with Gasteiger partial charge in [-0.05, 0) is 39.3 Å². The van der Waals surface area contributed by atoms with Crippen LogP contribution in [-0.4, -0.2) is 69.5 Å². The van der Waals surface area contributed by atoms with Crippen molar-refractivity contribution in [3.8, 4) is 0 Å². The summed E-state index contributed by atoms with van der Waals surface area (Å²) in [6.07, 6.45) is 2.65. The van der Waals surface area contributed by atoms with Crippen LogP contribution in [0.2, 0.25) is 0 Å². The fourth-order valence-electron chi connectivity index (χ4n) is 2.21. The molecule has 1 N–H and O–H groups in total. The van der Waals surface area contributed by atoms with Crippen LogP contribution in [0.15, 0.2) is 0 Å². The van der Waals surface area contributed by atoms with Gasteiger partial charge in [-0.2, -0.15) is 17.0 Å². The van der Waals surface area contributed by atoms with Crippen molar-refractivity contribution in [1.29, 1.82) is 0 Å². The molecule has 20 heavy (non-hydrogen) atoms. The summed E-state index contributed by atoms with van der Waals surface area (Å²) in [5.41, 5.74) is 0. The van der Waals surface area contributed by atoms with Crippen LogP contribution in [0.25, 0.3) is 0 Å². The van der Waals surface area contributed by atoms with Gasteiger partial charge in [0.15, 0.2) is 0 Å². The predicted octanol–water partition coefficient (Wildman–Crippen LogP) is 0.664. The van der Waals surface area contributed by atoms with Gasteiger partial charge < -0.3 is 10.1 Å². The van der Waals surface area contributed by atoms with Gasteiger partial charge in [0.05, 0.1) is 6.10 Å². The molecular weight excluding hydrogens is 278 g/mol. The fraction of sp³-hybridized carbons (Fsp3) is 1.00. The highest BCUT2D eigenvalue weighted by atomic mass is 32.2. The Morgan fingerprint density at radius 2 is 2.15 bits per heavy atom. The Morgan fingerprint density at radius 1 is 1.40 bits per heavy atom. The number of hydrogen-bond donors (Lipinski definition) is 1. The molecule has 0 aliphatic carbocycles. The van der Waals surface area contributed by atoms with Crippen molar-refractivity contribution >= 4 is 10.2 Å². The maximum absolute atomic E-state index is 12.5. The molecule has 0 aromatic heterocycles. The lowest BCUT2D eigenvalue weighted by atomic mass is 10.4. The predicted molar refractivity (Wildman–Crippen MR) is 80.9 cm³/mol. The number of nitrogens with one attached hydrogen (secondary N) is 1. The molecule has 0 radical (unpaired) electrons. The van der Waals surface area contributed by atoms with Gasteiger partial charge in [-0.1, -0.05) is 6.92 Å². The van der Waals surface area contributed by atoms with Gasteiger partial charge in [0, 0.05) is 33.3 Å². The molecule has 1 aliphatic heterocycles. The molecule has 0 bridgehead atoms. The first-order valence-electron chi connectivity index (χ1n) is 7.52. The average molecular weight is 307 g/mol. The minimum atomic E-state index is -3.35. The highest BCUT2D eigenvalue weighted by molar-refractivity contribution is 7.86. The smallest absolute Gasteiger partial charge is 0.281 e. The number of hydrogen-bond acceptors (Lipinski definition) is 4. The normalized spacial score (nSPS) is 22.1. The van der Waals surface area contributed by atoms with Crippen molar-refractivity contribution < 1.29 is 13.2 Å². The summed E-state index contributed by atoms with van der Waals surface area (Å²) in [7, 11) is -1.69. The minimum Gasteiger partial charge on any atom is -0.377 e. The molecule has 1 rings (SSSR count). The third kappa shape index (κ3) is 5.65. The Morgan fingerprint density at radius 3 is 2.85 bits per heavy atom. The van der Waals surface area contributed by atoms with Crippen LogP contribution in [0.3, 0.4) is 0 Å². The van der Waals surface area contributed by atoms with E-state index in [4.69, 9.17) is 4.74 Å². The third-order valence-electron chi connectivity index (χ3n) is 3.39. The Bertz CT molecular complexity index is 362. The lowest BCUT2D eigenvalue weighted by Crippen LogP contribution is -2.45. The largest absolute Gasteiger partial charge is 0.377 e. The Labute approximate surface area is 123 Å². The highest BCUT2D eigenvalue weighted by Crippen LogP contribution is 2.13. The quantitative estimate of drug-likeness (QED) is 0.669. The van der Waals surface area contributed by atoms with Crippen molar-refractivity contribution in [2.75, 3.05) is 46.4 Å². The van der Waals surface area contributed by atoms with E-state index in [2.05, 4.69) is 12.2 Å². The van der Waals surface area contributed by atoms with Crippen LogP contribution in [0.1, 0.15) is 33.1 Å². The summed E-state index contributed by atoms with van der Waals surface area (Å²) in [4.78, 5) is 0. The monoisotopic (exact) mass is 307 g/mol. The summed E-state index contributed by atoms with van der Waals surface area (Å²) in [6.45, 7) is 8.05. The molecule has 1 aliphatic rings. The van der Waals surface area contributed by atoms with E-state index in [0.29, 0.717) is 26.2 Å². The van der Waals surface area contributed by atoms with E-state index < -0.39 is 10.2 Å². The van der Waals surface area contributed by atoms with Crippen LogP contribution in [0.5, 0.6) is 0 Å². The zero-order valence-corrected chi connectivity index (χ0v) is 13.8. The van der Waals surface area contributed by atoms with Crippen LogP contribution in [0, 0.1) is 0 Å². The second-order valence-corrected chi connectivity index (χ2v) is 7.36. The molecule has 6 nitrogen and oxygen atoms in total. The summed E-state index contributed by atoms with van der Waals surface area (Å²) in [5.74, 6) is 0. The first-order valence-corrected chi connectivity index (χ1v) is 8.92. The third-order valence-corrected chi connectivity index (χ3v) is 5.34. The molecule has 1 unspecified atom stereocenters. The molecule has 0 aromatic rings. The number of ether oxygens (including phenoxy) is 1. The van der Waals surface area contributed by atoms with Crippen molar-refractivity contribution in [2.24, 2.45) is 0 Å². The lowest BCUT2D eigenvalue weighted by molar-refractivity contribution is 0.0747. The molecule has 120 valence electrons. The fourth-order valence-corrected chi connectivity index (χ4v) is 3.72. The number of nitrogens with zero attached hydrogens (tertiary/aromatic N) is 2. The second-order valence-electron chi connectivity index (χ2n) is 5.33. The molecule has 1 atom stereocenters. The summed E-state index contributed by atoms with van der Waals surface area (Å²) >= 11 is 0. The van der Waals surface area contributed by atoms with Crippen molar-refractivity contribution in [3.05, 3.63) is 0 Å². The summed E-state index contributed by atoms with van der Waals surface area (Å²) < 4.78 is 33.5. The molecule has 0 saturated carbocycles. The van der Waals surface area contributed by atoms with E-state index >= 15 is 0 Å². The van der Waals surface area contributed by atoms with Crippen molar-refractivity contribution in [3.63, 3.8) is 0 Å². The first-order chi connectivity index (χ1) is 9.48. The molecule has 1 fully saturated rings. The molecular formula is C13H29N3O3S. The molecule has 1 heterocycles. The Kier molecular flexibility index (Phi) is 7.98. The van der Waals surface area contributed by atoms with Crippen molar-refractivity contribution in [1.82, 2.24) is 13.9 Å². The standard InChI is InChI=1S/C13H29N3O3S/c1-4-7-14-8-5-9-15(3)20(17,18)16-10-6-11-19-13(2)12-16/h13-14H,4-12H2,1-3H3. The lowest BCUT2D eigenvalue weighted by Gasteiger charge is -2.27. The molecule has 0 spiro atoms. The van der Waals surface area contributed by atoms with Crippen LogP contribution in [-0.2, 0) is 14.9 Å². The molecule has 7 heteroatoms. The van der Waals surface area contributed by atoms with E-state index in [9.17, 15) is 8.42 Å². The van der Waals surface area contributed by atoms with Crippen LogP contribution >= 0.6 is 0 Å². The van der Waals surface area contributed by atoms with Gasteiger partial charge in [0.2, 0.25) is 0 Å². The topological polar surface area (TPSA) is 61.9 Å². The molecule has 0 amide bonds. The zero-order valence-electron chi connectivity index (χ0n) is 13.0. The van der Waals surface area contributed by atoms with Gasteiger partial charge in [0.1, 0.15) is 0 Å². The van der Waals surface area contributed by atoms with E-state index in [1.165, 1.54) is 4.31 Å². The van der Waals surface area contributed by atoms with Crippen molar-refractivity contribution in [2.45, 2.75) is 39.2 Å². The number of rotatable bonds is 8. The average Bonchev–Trinajstić information content (AvgIpc) is 2.63. The van der Waals surface area contributed by atoms with Crippen LogP contribution in [0.4, 0.5) is 0 Å². The first kappa shape index (κ1) is 17.8. The Balaban J connectivity index is 2.44. The SMILES string of the molecule is CCCNCCCN(C)S(=O)(=O)N1CCCOC(C)C1. The summed E-state index contributed by atoms with van der Waals surface area (Å²) in [5, 5.41) is 3.28. The summed E-state index contributed by atoms with van der Waals surface area (Å²) in [6, 6.07) is 0. The van der Waals surface area contributed by atoms with Gasteiger partial charge in [-0.3, -0.25) is 0 Å². The van der Waals surface area contributed by atoms with E-state index in [0.717, 1.165) is 32.4 Å². The highest BCUT2D eigenvalue weighted by Gasteiger charge is 2.29. The van der Waals surface area contributed by atoms with E-state index in [1.54, 1.807) is 11.4 Å².